The average molecular weight is 214 g/mol. The van der Waals surface area contributed by atoms with Gasteiger partial charge in [0.1, 0.15) is 0 Å². The first-order valence-electron chi connectivity index (χ1n) is 6.79. The summed E-state index contributed by atoms with van der Waals surface area (Å²) < 4.78 is 0. The van der Waals surface area contributed by atoms with Crippen LogP contribution in [0.3, 0.4) is 0 Å². The minimum atomic E-state index is 0.832. The second-order valence-corrected chi connectivity index (χ2v) is 4.02. The van der Waals surface area contributed by atoms with Gasteiger partial charge in [0, 0.05) is 12.1 Å². The molecule has 0 unspecified atom stereocenters. The number of nitrogens with zero attached hydrogens (tertiary/aromatic N) is 1. The molecule has 2 aliphatic rings. The van der Waals surface area contributed by atoms with Gasteiger partial charge in [0.25, 0.3) is 0 Å². The topological polar surface area (TPSA) is 15.3 Å². The van der Waals surface area contributed by atoms with Crippen LogP contribution in [0, 0.1) is 0 Å². The minimum Gasteiger partial charge on any atom is -0.311 e. The first-order chi connectivity index (χ1) is 7.34. The van der Waals surface area contributed by atoms with Crippen LogP contribution in [0.4, 0.5) is 0 Å². The molecule has 1 saturated carbocycles. The molecule has 1 saturated heterocycles. The maximum atomic E-state index is 3.69. The van der Waals surface area contributed by atoms with Crippen molar-refractivity contribution in [2.24, 2.45) is 0 Å². The highest BCUT2D eigenvalue weighted by Crippen LogP contribution is 2.21. The molecular weight excluding hydrogens is 184 g/mol. The first-order valence-corrected chi connectivity index (χ1v) is 6.79. The van der Waals surface area contributed by atoms with E-state index in [-0.39, 0.29) is 0 Å². The van der Waals surface area contributed by atoms with Crippen LogP contribution >= 0.6 is 0 Å². The van der Waals surface area contributed by atoms with Crippen molar-refractivity contribution in [3.63, 3.8) is 0 Å². The number of likely N-dealkylation sites (tertiary alicyclic amines) is 1. The highest BCUT2D eigenvalue weighted by molar-refractivity contribution is 4.86. The van der Waals surface area contributed by atoms with Crippen LogP contribution in [0.1, 0.15) is 53.4 Å². The Hall–Kier alpha value is -0.0800. The summed E-state index contributed by atoms with van der Waals surface area (Å²) in [6.07, 6.45) is 5.55. The lowest BCUT2D eigenvalue weighted by Crippen LogP contribution is -2.41. The summed E-state index contributed by atoms with van der Waals surface area (Å²) in [5, 5.41) is 3.69. The molecule has 92 valence electrons. The maximum Gasteiger partial charge on any atom is 0.00939 e. The third-order valence-electron chi connectivity index (χ3n) is 2.77. The monoisotopic (exact) mass is 214 g/mol. The number of piperidine rings is 1. The van der Waals surface area contributed by atoms with E-state index in [0.717, 1.165) is 12.1 Å². The predicted molar refractivity (Wildman–Crippen MR) is 69.4 cm³/mol. The zero-order valence-corrected chi connectivity index (χ0v) is 11.3. The molecule has 0 bridgehead atoms. The van der Waals surface area contributed by atoms with Gasteiger partial charge in [-0.25, -0.2) is 0 Å². The number of hydrogen-bond acceptors (Lipinski definition) is 2. The summed E-state index contributed by atoms with van der Waals surface area (Å²) in [5.74, 6) is 0. The molecule has 2 fully saturated rings. The summed E-state index contributed by atoms with van der Waals surface area (Å²) in [6, 6.07) is 1.72. The highest BCUT2D eigenvalue weighted by Gasteiger charge is 2.25. The molecule has 0 aromatic carbocycles. The molecule has 2 nitrogen and oxygen atoms in total. The fraction of sp³-hybridized carbons (Fsp3) is 1.00. The molecule has 0 aromatic heterocycles. The van der Waals surface area contributed by atoms with Crippen molar-refractivity contribution in [1.29, 1.82) is 0 Å². The summed E-state index contributed by atoms with van der Waals surface area (Å²) in [4.78, 5) is 2.42. The van der Waals surface area contributed by atoms with Gasteiger partial charge in [-0.05, 0) is 45.8 Å². The first kappa shape index (κ1) is 14.9. The molecular formula is C13H30N2. The zero-order valence-electron chi connectivity index (χ0n) is 11.3. The summed E-state index contributed by atoms with van der Waals surface area (Å²) in [5.41, 5.74) is 0. The SMILES string of the molecule is CC.CC.CN1CCC(NC2CC2)CC1. The van der Waals surface area contributed by atoms with Crippen molar-refractivity contribution >= 4 is 0 Å². The minimum absolute atomic E-state index is 0.832. The van der Waals surface area contributed by atoms with E-state index in [0.29, 0.717) is 0 Å². The quantitative estimate of drug-likeness (QED) is 0.760. The Morgan fingerprint density at radius 3 is 1.60 bits per heavy atom. The van der Waals surface area contributed by atoms with Gasteiger partial charge in [-0.1, -0.05) is 27.7 Å². The predicted octanol–water partition coefficient (Wildman–Crippen LogP) is 2.89. The highest BCUT2D eigenvalue weighted by atomic mass is 15.1. The molecule has 0 amide bonds. The fourth-order valence-corrected chi connectivity index (χ4v) is 1.76. The van der Waals surface area contributed by atoms with Crippen molar-refractivity contribution in [3.05, 3.63) is 0 Å². The molecule has 0 spiro atoms. The van der Waals surface area contributed by atoms with Crippen molar-refractivity contribution in [2.75, 3.05) is 20.1 Å². The maximum absolute atomic E-state index is 3.69. The number of nitrogens with one attached hydrogen (secondary N) is 1. The molecule has 0 aromatic rings. The molecule has 2 rings (SSSR count). The Bertz CT molecular complexity index is 124. The summed E-state index contributed by atoms with van der Waals surface area (Å²) >= 11 is 0. The second kappa shape index (κ2) is 9.17. The van der Waals surface area contributed by atoms with Crippen molar-refractivity contribution in [1.82, 2.24) is 10.2 Å². The van der Waals surface area contributed by atoms with Gasteiger partial charge in [0.15, 0.2) is 0 Å². The van der Waals surface area contributed by atoms with Crippen LogP contribution < -0.4 is 5.32 Å². The lowest BCUT2D eigenvalue weighted by molar-refractivity contribution is 0.234. The van der Waals surface area contributed by atoms with Crippen molar-refractivity contribution < 1.29 is 0 Å². The Morgan fingerprint density at radius 1 is 0.800 bits per heavy atom. The van der Waals surface area contributed by atoms with Crippen molar-refractivity contribution in [2.45, 2.75) is 65.5 Å². The Kier molecular flexibility index (Phi) is 9.12. The molecule has 2 heteroatoms. The smallest absolute Gasteiger partial charge is 0.00939 e. The Morgan fingerprint density at radius 2 is 1.20 bits per heavy atom. The van der Waals surface area contributed by atoms with Crippen LogP contribution in [-0.2, 0) is 0 Å². The molecule has 0 atom stereocenters. The van der Waals surface area contributed by atoms with Gasteiger partial charge in [0.2, 0.25) is 0 Å². The van der Waals surface area contributed by atoms with E-state index >= 15 is 0 Å². The third kappa shape index (κ3) is 6.91. The largest absolute Gasteiger partial charge is 0.311 e. The lowest BCUT2D eigenvalue weighted by atomic mass is 10.1. The van der Waals surface area contributed by atoms with E-state index in [2.05, 4.69) is 17.3 Å². The normalized spacial score (nSPS) is 22.2. The van der Waals surface area contributed by atoms with E-state index in [4.69, 9.17) is 0 Å². The van der Waals surface area contributed by atoms with Crippen molar-refractivity contribution in [3.8, 4) is 0 Å². The van der Waals surface area contributed by atoms with E-state index in [9.17, 15) is 0 Å². The standard InChI is InChI=1S/C9H18N2.2C2H6/c1-11-6-4-9(5-7-11)10-8-2-3-8;2*1-2/h8-10H,2-7H2,1H3;2*1-2H3. The molecule has 1 heterocycles. The van der Waals surface area contributed by atoms with Gasteiger partial charge in [-0.3, -0.25) is 0 Å². The molecule has 1 N–H and O–H groups in total. The van der Waals surface area contributed by atoms with E-state index < -0.39 is 0 Å². The van der Waals surface area contributed by atoms with E-state index in [1.807, 2.05) is 27.7 Å². The van der Waals surface area contributed by atoms with Crippen LogP contribution in [0.15, 0.2) is 0 Å². The Balaban J connectivity index is 0.000000442. The number of rotatable bonds is 2. The van der Waals surface area contributed by atoms with Gasteiger partial charge < -0.3 is 10.2 Å². The fourth-order valence-electron chi connectivity index (χ4n) is 1.76. The van der Waals surface area contributed by atoms with Crippen LogP contribution in [0.5, 0.6) is 0 Å². The molecule has 0 radical (unpaired) electrons. The molecule has 1 aliphatic carbocycles. The average Bonchev–Trinajstić information content (AvgIpc) is 3.11. The molecule has 15 heavy (non-hydrogen) atoms. The van der Waals surface area contributed by atoms with Crippen LogP contribution in [-0.4, -0.2) is 37.1 Å². The van der Waals surface area contributed by atoms with E-state index in [1.165, 1.54) is 38.8 Å². The van der Waals surface area contributed by atoms with Crippen LogP contribution in [0.2, 0.25) is 0 Å². The second-order valence-electron chi connectivity index (χ2n) is 4.02. The summed E-state index contributed by atoms with van der Waals surface area (Å²) in [7, 11) is 2.22. The number of hydrogen-bond donors (Lipinski definition) is 1. The van der Waals surface area contributed by atoms with Gasteiger partial charge >= 0.3 is 0 Å². The molecule has 1 aliphatic heterocycles. The van der Waals surface area contributed by atoms with Crippen LogP contribution in [0.25, 0.3) is 0 Å². The third-order valence-corrected chi connectivity index (χ3v) is 2.77. The summed E-state index contributed by atoms with van der Waals surface area (Å²) in [6.45, 7) is 10.6. The van der Waals surface area contributed by atoms with Gasteiger partial charge in [-0.2, -0.15) is 0 Å². The zero-order chi connectivity index (χ0) is 11.7. The van der Waals surface area contributed by atoms with Gasteiger partial charge in [-0.15, -0.1) is 0 Å². The Labute approximate surface area is 96.4 Å². The lowest BCUT2D eigenvalue weighted by Gasteiger charge is -2.29. The van der Waals surface area contributed by atoms with E-state index in [1.54, 1.807) is 0 Å². The van der Waals surface area contributed by atoms with Gasteiger partial charge in [0.05, 0.1) is 0 Å².